The summed E-state index contributed by atoms with van der Waals surface area (Å²) in [5, 5.41) is 3.58. The molecule has 1 unspecified atom stereocenters. The molecule has 0 heterocycles. The van der Waals surface area contributed by atoms with Gasteiger partial charge in [-0.2, -0.15) is 0 Å². The maximum Gasteiger partial charge on any atom is 0.316 e. The van der Waals surface area contributed by atoms with Crippen LogP contribution in [0.1, 0.15) is 13.3 Å². The molecule has 0 aromatic heterocycles. The summed E-state index contributed by atoms with van der Waals surface area (Å²) in [4.78, 5) is 11.0. The Balaban J connectivity index is 4.18. The number of hydrogen-bond acceptors (Lipinski definition) is 4. The van der Waals surface area contributed by atoms with Crippen LogP contribution in [0, 0.1) is 0 Å². The van der Waals surface area contributed by atoms with E-state index in [1.807, 2.05) is 0 Å². The Morgan fingerprint density at radius 3 is 2.67 bits per heavy atom. The van der Waals surface area contributed by atoms with E-state index in [0.29, 0.717) is 13.2 Å². The number of esters is 1. The monoisotopic (exact) mass is 301 g/mol. The van der Waals surface area contributed by atoms with Crippen molar-refractivity contribution in [3.8, 4) is 0 Å². The molecule has 0 aliphatic carbocycles. The second-order valence-corrected chi connectivity index (χ2v) is 5.81. The Morgan fingerprint density at radius 1 is 1.53 bits per heavy atom. The zero-order chi connectivity index (χ0) is 11.7. The van der Waals surface area contributed by atoms with Crippen molar-refractivity contribution in [2.45, 2.75) is 13.3 Å². The molecule has 0 spiro atoms. The van der Waals surface area contributed by atoms with E-state index in [-0.39, 0.29) is 6.16 Å². The van der Waals surface area contributed by atoms with Crippen LogP contribution in [0.5, 0.6) is 0 Å². The lowest BCUT2D eigenvalue weighted by Gasteiger charge is -2.17. The summed E-state index contributed by atoms with van der Waals surface area (Å²) in [6.45, 7) is 2.57. The average molecular weight is 302 g/mol. The molecular weight excluding hydrogens is 285 g/mol. The zero-order valence-electron chi connectivity index (χ0n) is 8.99. The van der Waals surface area contributed by atoms with Crippen molar-refractivity contribution in [2.24, 2.45) is 0 Å². The molecule has 0 bridgehead atoms. The first-order valence-electron chi connectivity index (χ1n) is 4.69. The van der Waals surface area contributed by atoms with Gasteiger partial charge in [0.05, 0.1) is 13.7 Å². The first kappa shape index (κ1) is 15.1. The molecule has 5 nitrogen and oxygen atoms in total. The van der Waals surface area contributed by atoms with E-state index in [1.54, 1.807) is 6.92 Å². The van der Waals surface area contributed by atoms with Gasteiger partial charge in [0, 0.05) is 11.9 Å². The highest BCUT2D eigenvalue weighted by Gasteiger charge is 2.26. The lowest BCUT2D eigenvalue weighted by Crippen LogP contribution is -2.21. The zero-order valence-corrected chi connectivity index (χ0v) is 11.5. The SMILES string of the molecule is CCOP(=O)(CC(=O)OC)NCCCBr. The molecule has 0 aromatic rings. The summed E-state index contributed by atoms with van der Waals surface area (Å²) < 4.78 is 21.5. The van der Waals surface area contributed by atoms with Crippen molar-refractivity contribution in [3.05, 3.63) is 0 Å². The van der Waals surface area contributed by atoms with Crippen LogP contribution in [0.3, 0.4) is 0 Å². The molecule has 0 aliphatic rings. The van der Waals surface area contributed by atoms with Gasteiger partial charge < -0.3 is 9.26 Å². The molecule has 1 atom stereocenters. The second kappa shape index (κ2) is 8.28. The van der Waals surface area contributed by atoms with Crippen molar-refractivity contribution >= 4 is 29.4 Å². The van der Waals surface area contributed by atoms with Crippen LogP contribution in [0.2, 0.25) is 0 Å². The molecular formula is C8H17BrNO4P. The normalized spacial score (nSPS) is 14.6. The van der Waals surface area contributed by atoms with Crippen LogP contribution in [-0.2, 0) is 18.6 Å². The first-order chi connectivity index (χ1) is 7.08. The fraction of sp³-hybridized carbons (Fsp3) is 0.875. The van der Waals surface area contributed by atoms with Gasteiger partial charge in [0.25, 0.3) is 7.52 Å². The van der Waals surface area contributed by atoms with Gasteiger partial charge in [0.15, 0.2) is 0 Å². The fourth-order valence-corrected chi connectivity index (χ4v) is 2.87. The number of methoxy groups -OCH3 is 1. The topological polar surface area (TPSA) is 64.6 Å². The second-order valence-electron chi connectivity index (χ2n) is 2.78. The van der Waals surface area contributed by atoms with E-state index in [4.69, 9.17) is 4.52 Å². The molecule has 0 saturated carbocycles. The van der Waals surface area contributed by atoms with E-state index >= 15 is 0 Å². The number of carbonyl (C=O) groups is 1. The smallest absolute Gasteiger partial charge is 0.316 e. The third kappa shape index (κ3) is 7.06. The van der Waals surface area contributed by atoms with Crippen LogP contribution in [0.15, 0.2) is 0 Å². The standard InChI is InChI=1S/C8H17BrNO4P/c1-3-14-15(12,7-8(11)13-2)10-6-4-5-9/h3-7H2,1-2H3,(H,10,12). The summed E-state index contributed by atoms with van der Waals surface area (Å²) in [6.07, 6.45) is 0.595. The molecule has 90 valence electrons. The molecule has 0 aliphatic heterocycles. The van der Waals surface area contributed by atoms with E-state index in [2.05, 4.69) is 25.8 Å². The Bertz CT molecular complexity index is 237. The Kier molecular flexibility index (Phi) is 8.33. The third-order valence-corrected chi connectivity index (χ3v) is 4.18. The molecule has 0 amide bonds. The summed E-state index contributed by atoms with van der Waals surface area (Å²) in [5.74, 6) is -0.530. The molecule has 0 aromatic carbocycles. The predicted octanol–water partition coefficient (Wildman–Crippen LogP) is 1.76. The molecule has 0 fully saturated rings. The van der Waals surface area contributed by atoms with Gasteiger partial charge in [0.2, 0.25) is 0 Å². The van der Waals surface area contributed by atoms with Crippen molar-refractivity contribution in [1.29, 1.82) is 0 Å². The van der Waals surface area contributed by atoms with E-state index in [1.165, 1.54) is 7.11 Å². The number of ether oxygens (including phenoxy) is 1. The lowest BCUT2D eigenvalue weighted by molar-refractivity contribution is -0.137. The predicted molar refractivity (Wildman–Crippen MR) is 62.5 cm³/mol. The maximum absolute atomic E-state index is 12.0. The largest absolute Gasteiger partial charge is 0.469 e. The Labute approximate surface area is 98.5 Å². The summed E-state index contributed by atoms with van der Waals surface area (Å²) in [6, 6.07) is 0. The minimum atomic E-state index is -3.07. The average Bonchev–Trinajstić information content (AvgIpc) is 2.18. The highest BCUT2D eigenvalue weighted by Crippen LogP contribution is 2.41. The molecule has 0 rings (SSSR count). The molecule has 15 heavy (non-hydrogen) atoms. The van der Waals surface area contributed by atoms with E-state index in [0.717, 1.165) is 11.8 Å². The Morgan fingerprint density at radius 2 is 2.20 bits per heavy atom. The fourth-order valence-electron chi connectivity index (χ4n) is 0.906. The molecule has 0 radical (unpaired) electrons. The maximum atomic E-state index is 12.0. The molecule has 1 N–H and O–H groups in total. The van der Waals surface area contributed by atoms with Crippen LogP contribution < -0.4 is 5.09 Å². The molecule has 7 heteroatoms. The highest BCUT2D eigenvalue weighted by molar-refractivity contribution is 9.09. The summed E-state index contributed by atoms with van der Waals surface area (Å²) in [5.41, 5.74) is 0. The Hall–Kier alpha value is 0.100. The summed E-state index contributed by atoms with van der Waals surface area (Å²) >= 11 is 3.26. The number of carbonyl (C=O) groups excluding carboxylic acids is 1. The van der Waals surface area contributed by atoms with Gasteiger partial charge >= 0.3 is 5.97 Å². The number of alkyl halides is 1. The number of hydrogen-bond donors (Lipinski definition) is 1. The van der Waals surface area contributed by atoms with Gasteiger partial charge in [-0.05, 0) is 13.3 Å². The lowest BCUT2D eigenvalue weighted by atomic mass is 10.5. The van der Waals surface area contributed by atoms with Crippen LogP contribution in [0.4, 0.5) is 0 Å². The van der Waals surface area contributed by atoms with Gasteiger partial charge in [-0.25, -0.2) is 5.09 Å². The van der Waals surface area contributed by atoms with Gasteiger partial charge in [-0.3, -0.25) is 9.36 Å². The van der Waals surface area contributed by atoms with Crippen molar-refractivity contribution in [1.82, 2.24) is 5.09 Å². The van der Waals surface area contributed by atoms with Gasteiger partial charge in [-0.15, -0.1) is 0 Å². The quantitative estimate of drug-likeness (QED) is 0.320. The third-order valence-electron chi connectivity index (χ3n) is 1.57. The summed E-state index contributed by atoms with van der Waals surface area (Å²) in [7, 11) is -1.81. The van der Waals surface area contributed by atoms with Crippen molar-refractivity contribution in [2.75, 3.05) is 31.8 Å². The van der Waals surface area contributed by atoms with Crippen LogP contribution >= 0.6 is 23.4 Å². The van der Waals surface area contributed by atoms with E-state index < -0.39 is 13.5 Å². The molecule has 0 saturated heterocycles. The van der Waals surface area contributed by atoms with Crippen molar-refractivity contribution in [3.63, 3.8) is 0 Å². The van der Waals surface area contributed by atoms with Crippen LogP contribution in [0.25, 0.3) is 0 Å². The van der Waals surface area contributed by atoms with Crippen LogP contribution in [-0.4, -0.2) is 37.7 Å². The van der Waals surface area contributed by atoms with Gasteiger partial charge in [0.1, 0.15) is 6.16 Å². The first-order valence-corrected chi connectivity index (χ1v) is 7.62. The minimum Gasteiger partial charge on any atom is -0.469 e. The van der Waals surface area contributed by atoms with Gasteiger partial charge in [-0.1, -0.05) is 15.9 Å². The minimum absolute atomic E-state index is 0.223. The number of rotatable bonds is 8. The van der Waals surface area contributed by atoms with E-state index in [9.17, 15) is 9.36 Å². The highest BCUT2D eigenvalue weighted by atomic mass is 79.9. The number of nitrogens with one attached hydrogen (secondary N) is 1. The number of halogens is 1. The van der Waals surface area contributed by atoms with Crippen molar-refractivity contribution < 1.29 is 18.6 Å².